The first-order chi connectivity index (χ1) is 17.4. The van der Waals surface area contributed by atoms with E-state index in [1.54, 1.807) is 54.3 Å². The monoisotopic (exact) mass is 512 g/mol. The van der Waals surface area contributed by atoms with Gasteiger partial charge in [0.2, 0.25) is 0 Å². The van der Waals surface area contributed by atoms with Gasteiger partial charge in [0, 0.05) is 50.0 Å². The highest BCUT2D eigenvalue weighted by molar-refractivity contribution is 6.31. The lowest BCUT2D eigenvalue weighted by Crippen LogP contribution is -2.53. The lowest BCUT2D eigenvalue weighted by atomic mass is 9.94. The van der Waals surface area contributed by atoms with Gasteiger partial charge in [-0.05, 0) is 30.7 Å². The van der Waals surface area contributed by atoms with E-state index in [1.165, 1.54) is 11.2 Å². The molecule has 1 aromatic heterocycles. The average molecular weight is 513 g/mol. The molecule has 10 heteroatoms. The van der Waals surface area contributed by atoms with Crippen molar-refractivity contribution >= 4 is 29.5 Å². The molecule has 3 heterocycles. The molecule has 1 N–H and O–H groups in total. The molecular formula is C26H29ClN4O5. The summed E-state index contributed by atoms with van der Waals surface area (Å²) in [4.78, 5) is 44.4. The third-order valence-corrected chi connectivity index (χ3v) is 6.57. The van der Waals surface area contributed by atoms with E-state index in [1.807, 2.05) is 0 Å². The van der Waals surface area contributed by atoms with Gasteiger partial charge in [-0.2, -0.15) is 0 Å². The lowest BCUT2D eigenvalue weighted by Gasteiger charge is -2.40. The summed E-state index contributed by atoms with van der Waals surface area (Å²) in [5.41, 5.74) is 1.48. The summed E-state index contributed by atoms with van der Waals surface area (Å²) in [5.74, 6) is -0.368. The van der Waals surface area contributed by atoms with Crippen LogP contribution >= 0.6 is 11.6 Å². The van der Waals surface area contributed by atoms with E-state index in [0.717, 1.165) is 0 Å². The molecule has 1 atom stereocenters. The van der Waals surface area contributed by atoms with E-state index in [9.17, 15) is 14.4 Å². The fourth-order valence-corrected chi connectivity index (χ4v) is 4.71. The molecule has 1 aromatic carbocycles. The third-order valence-electron chi connectivity index (χ3n) is 6.23. The highest BCUT2D eigenvalue weighted by atomic mass is 35.5. The smallest absolute Gasteiger partial charge is 0.338 e. The first kappa shape index (κ1) is 25.5. The molecule has 0 spiro atoms. The molecule has 1 saturated heterocycles. The summed E-state index contributed by atoms with van der Waals surface area (Å²) in [6.07, 6.45) is 3.09. The second-order valence-electron chi connectivity index (χ2n) is 8.43. The zero-order chi connectivity index (χ0) is 25.7. The van der Waals surface area contributed by atoms with Gasteiger partial charge in [-0.3, -0.25) is 14.6 Å². The number of esters is 1. The molecule has 2 aliphatic heterocycles. The fraction of sp³-hybridized carbons (Fsp3) is 0.346. The summed E-state index contributed by atoms with van der Waals surface area (Å²) in [5, 5.41) is 3.35. The Morgan fingerprint density at radius 3 is 2.58 bits per heavy atom. The van der Waals surface area contributed by atoms with Crippen LogP contribution in [0.2, 0.25) is 5.02 Å². The summed E-state index contributed by atoms with van der Waals surface area (Å²) in [6, 6.07) is 9.32. The molecule has 1 unspecified atom stereocenters. The number of urea groups is 1. The topological polar surface area (TPSA) is 95.3 Å². The maximum absolute atomic E-state index is 13.3. The molecule has 0 bridgehead atoms. The van der Waals surface area contributed by atoms with Gasteiger partial charge in [0.25, 0.3) is 5.91 Å². The van der Waals surface area contributed by atoms with Crippen molar-refractivity contribution in [2.45, 2.75) is 13.0 Å². The number of ether oxygens (including phenoxy) is 1. The first-order valence-electron chi connectivity index (χ1n) is 11.8. The van der Waals surface area contributed by atoms with Crippen molar-refractivity contribution in [3.8, 4) is 0 Å². The van der Waals surface area contributed by atoms with Crippen molar-refractivity contribution in [1.82, 2.24) is 20.0 Å². The van der Waals surface area contributed by atoms with Crippen LogP contribution in [0.15, 0.2) is 71.0 Å². The van der Waals surface area contributed by atoms with Gasteiger partial charge in [0.1, 0.15) is 0 Å². The van der Waals surface area contributed by atoms with Crippen LogP contribution < -0.4 is 5.32 Å². The van der Waals surface area contributed by atoms with Gasteiger partial charge in [-0.25, -0.2) is 9.59 Å². The number of hydrogen-bond acceptors (Lipinski definition) is 6. The molecule has 36 heavy (non-hydrogen) atoms. The van der Waals surface area contributed by atoms with Crippen LogP contribution in [0.4, 0.5) is 4.79 Å². The van der Waals surface area contributed by atoms with E-state index in [4.69, 9.17) is 20.8 Å². The molecule has 2 aliphatic rings. The summed E-state index contributed by atoms with van der Waals surface area (Å²) in [7, 11) is 0. The Bertz CT molecular complexity index is 1150. The number of rotatable bonds is 8. The minimum atomic E-state index is -0.761. The molecule has 4 rings (SSSR count). The molecule has 3 amide bonds. The van der Waals surface area contributed by atoms with Crippen LogP contribution in [0.5, 0.6) is 0 Å². The number of carbonyl (C=O) groups is 3. The second kappa shape index (κ2) is 11.5. The van der Waals surface area contributed by atoms with Crippen LogP contribution in [0, 0.1) is 0 Å². The number of amides is 3. The number of benzene rings is 1. The van der Waals surface area contributed by atoms with Gasteiger partial charge in [0.05, 0.1) is 24.5 Å². The number of carbonyl (C=O) groups excluding carboxylic acids is 3. The Balaban J connectivity index is 1.65. The third kappa shape index (κ3) is 5.32. The van der Waals surface area contributed by atoms with Crippen molar-refractivity contribution < 1.29 is 23.5 Å². The highest BCUT2D eigenvalue weighted by Crippen LogP contribution is 2.35. The van der Waals surface area contributed by atoms with Crippen molar-refractivity contribution in [2.75, 3.05) is 45.9 Å². The molecule has 0 radical (unpaired) electrons. The van der Waals surface area contributed by atoms with Crippen LogP contribution in [0.1, 0.15) is 29.1 Å². The minimum Gasteiger partial charge on any atom is -0.463 e. The number of halogens is 1. The van der Waals surface area contributed by atoms with E-state index >= 15 is 0 Å². The van der Waals surface area contributed by atoms with E-state index in [-0.39, 0.29) is 25.1 Å². The van der Waals surface area contributed by atoms with Gasteiger partial charge in [-0.1, -0.05) is 35.9 Å². The lowest BCUT2D eigenvalue weighted by molar-refractivity contribution is -0.139. The Hall–Kier alpha value is -3.56. The van der Waals surface area contributed by atoms with Crippen LogP contribution in [0.25, 0.3) is 0 Å². The Morgan fingerprint density at radius 1 is 1.19 bits per heavy atom. The molecule has 1 fully saturated rings. The Labute approximate surface area is 214 Å². The number of nitrogens with one attached hydrogen (secondary N) is 1. The quantitative estimate of drug-likeness (QED) is 0.430. The molecule has 0 aliphatic carbocycles. The molecule has 0 saturated carbocycles. The first-order valence-corrected chi connectivity index (χ1v) is 12.2. The average Bonchev–Trinajstić information content (AvgIpc) is 3.41. The molecular weight excluding hydrogens is 484 g/mol. The summed E-state index contributed by atoms with van der Waals surface area (Å²) in [6.45, 7) is 8.34. The second-order valence-corrected chi connectivity index (χ2v) is 8.84. The predicted molar refractivity (Wildman–Crippen MR) is 134 cm³/mol. The van der Waals surface area contributed by atoms with Crippen LogP contribution in [-0.4, -0.2) is 78.5 Å². The summed E-state index contributed by atoms with van der Waals surface area (Å²) < 4.78 is 10.7. The van der Waals surface area contributed by atoms with Gasteiger partial charge in [0.15, 0.2) is 5.76 Å². The zero-order valence-corrected chi connectivity index (χ0v) is 20.9. The largest absolute Gasteiger partial charge is 0.463 e. The maximum atomic E-state index is 13.3. The fourth-order valence-electron chi connectivity index (χ4n) is 4.46. The zero-order valence-electron chi connectivity index (χ0n) is 20.1. The standard InChI is InChI=1S/C26H29ClN4O5/c1-3-11-31-20(17-29-12-14-30(15-13-29)24(32)21-10-7-16-36-21)22(25(33)35-4-2)23(28-26(31)34)18-8-5-6-9-19(18)27/h3,5-10,16,23H,1,4,11-15,17H2,2H3,(H,28,34). The number of hydrogen-bond donors (Lipinski definition) is 1. The predicted octanol–water partition coefficient (Wildman–Crippen LogP) is 3.46. The van der Waals surface area contributed by atoms with Gasteiger partial charge in [-0.15, -0.1) is 6.58 Å². The summed E-state index contributed by atoms with van der Waals surface area (Å²) >= 11 is 6.47. The maximum Gasteiger partial charge on any atom is 0.338 e. The van der Waals surface area contributed by atoms with Crippen molar-refractivity contribution in [3.05, 3.63) is 82.9 Å². The number of nitrogens with zero attached hydrogens (tertiary/aromatic N) is 3. The Kier molecular flexibility index (Phi) is 8.12. The van der Waals surface area contributed by atoms with Crippen molar-refractivity contribution in [3.63, 3.8) is 0 Å². The highest BCUT2D eigenvalue weighted by Gasteiger charge is 2.39. The molecule has 2 aromatic rings. The van der Waals surface area contributed by atoms with Gasteiger partial charge < -0.3 is 19.4 Å². The number of furan rings is 1. The minimum absolute atomic E-state index is 0.157. The van der Waals surface area contributed by atoms with E-state index in [2.05, 4.69) is 16.8 Å². The van der Waals surface area contributed by atoms with E-state index in [0.29, 0.717) is 60.3 Å². The van der Waals surface area contributed by atoms with Crippen LogP contribution in [-0.2, 0) is 9.53 Å². The van der Waals surface area contributed by atoms with Crippen molar-refractivity contribution in [2.24, 2.45) is 0 Å². The van der Waals surface area contributed by atoms with Gasteiger partial charge >= 0.3 is 12.0 Å². The van der Waals surface area contributed by atoms with Crippen molar-refractivity contribution in [1.29, 1.82) is 0 Å². The molecule has 190 valence electrons. The number of piperazine rings is 1. The SMILES string of the molecule is C=CCN1C(=O)NC(c2ccccc2Cl)C(C(=O)OCC)=C1CN1CCN(C(=O)c2ccco2)CC1. The normalized spacial score (nSPS) is 18.7. The van der Waals surface area contributed by atoms with Crippen LogP contribution in [0.3, 0.4) is 0 Å². The Morgan fingerprint density at radius 2 is 1.94 bits per heavy atom. The van der Waals surface area contributed by atoms with E-state index < -0.39 is 12.0 Å². The molecule has 9 nitrogen and oxygen atoms in total.